The highest BCUT2D eigenvalue weighted by Gasteiger charge is 2.56. The molecular weight excluding hydrogens is 323 g/mol. The molecule has 1 aromatic rings. The number of halogens is 2. The highest BCUT2D eigenvalue weighted by molar-refractivity contribution is 6.44. The van der Waals surface area contributed by atoms with Gasteiger partial charge in [-0.2, -0.15) is 0 Å². The molecule has 2 atom stereocenters. The van der Waals surface area contributed by atoms with Crippen molar-refractivity contribution in [1.82, 2.24) is 0 Å². The lowest BCUT2D eigenvalue weighted by atomic mass is 9.68. The van der Waals surface area contributed by atoms with Crippen LogP contribution in [0, 0.1) is 11.3 Å². The summed E-state index contributed by atoms with van der Waals surface area (Å²) in [6.07, 6.45) is 0.368. The minimum atomic E-state index is -0.781. The van der Waals surface area contributed by atoms with Crippen LogP contribution >= 0.6 is 23.2 Å². The molecule has 1 aromatic carbocycles. The molecule has 1 aliphatic carbocycles. The topological polar surface area (TPSA) is 43.4 Å². The Hall–Kier alpha value is -0.900. The van der Waals surface area contributed by atoms with E-state index in [-0.39, 0.29) is 22.5 Å². The zero-order valence-corrected chi connectivity index (χ0v) is 14.7. The maximum absolute atomic E-state index is 13.2. The SMILES string of the molecule is CO[C@H]1c2ccc(Cl)c(Cl)c2C(=O)C1(CCC(C)=O)C(C)C. The van der Waals surface area contributed by atoms with Gasteiger partial charge in [-0.1, -0.05) is 43.1 Å². The van der Waals surface area contributed by atoms with E-state index in [2.05, 4.69) is 0 Å². The standard InChI is InChI=1S/C17H20Cl2O3/c1-9(2)17(8-7-10(3)20)15(21)13-11(16(17)22-4)5-6-12(18)14(13)19/h5-6,9,16H,7-8H2,1-4H3/t16-,17?/m0/s1. The van der Waals surface area contributed by atoms with Crippen molar-refractivity contribution in [1.29, 1.82) is 0 Å². The van der Waals surface area contributed by atoms with E-state index in [1.807, 2.05) is 13.8 Å². The summed E-state index contributed by atoms with van der Waals surface area (Å²) in [5.41, 5.74) is 0.425. The second-order valence-corrected chi connectivity index (χ2v) is 6.95. The van der Waals surface area contributed by atoms with Gasteiger partial charge in [0.1, 0.15) is 5.78 Å². The summed E-state index contributed by atoms with van der Waals surface area (Å²) in [6.45, 7) is 5.49. The monoisotopic (exact) mass is 342 g/mol. The molecule has 120 valence electrons. The number of fused-ring (bicyclic) bond motifs is 1. The van der Waals surface area contributed by atoms with E-state index in [4.69, 9.17) is 27.9 Å². The van der Waals surface area contributed by atoms with Crippen LogP contribution in [0.2, 0.25) is 10.0 Å². The number of hydrogen-bond acceptors (Lipinski definition) is 3. The fourth-order valence-electron chi connectivity index (χ4n) is 3.46. The maximum Gasteiger partial charge on any atom is 0.174 e. The lowest BCUT2D eigenvalue weighted by Crippen LogP contribution is -2.38. The van der Waals surface area contributed by atoms with Gasteiger partial charge >= 0.3 is 0 Å². The molecule has 0 fully saturated rings. The molecule has 2 rings (SSSR count). The maximum atomic E-state index is 13.2. The molecule has 5 heteroatoms. The first-order chi connectivity index (χ1) is 10.3. The molecule has 1 unspecified atom stereocenters. The molecule has 0 saturated heterocycles. The van der Waals surface area contributed by atoms with Gasteiger partial charge < -0.3 is 9.53 Å². The van der Waals surface area contributed by atoms with Crippen LogP contribution in [0.15, 0.2) is 12.1 Å². The van der Waals surface area contributed by atoms with Crippen LogP contribution in [0.4, 0.5) is 0 Å². The number of Topliss-reactive ketones (excluding diaryl/α,β-unsaturated/α-hetero) is 2. The van der Waals surface area contributed by atoms with E-state index in [0.29, 0.717) is 23.4 Å². The van der Waals surface area contributed by atoms with E-state index >= 15 is 0 Å². The Kier molecular flexibility index (Phi) is 5.00. The molecule has 0 aliphatic heterocycles. The number of hydrogen-bond donors (Lipinski definition) is 0. The number of rotatable bonds is 5. The molecule has 0 N–H and O–H groups in total. The van der Waals surface area contributed by atoms with Gasteiger partial charge in [-0.15, -0.1) is 0 Å². The van der Waals surface area contributed by atoms with Crippen LogP contribution in [0.1, 0.15) is 55.6 Å². The van der Waals surface area contributed by atoms with Crippen molar-refractivity contribution in [2.24, 2.45) is 11.3 Å². The third-order valence-electron chi connectivity index (χ3n) is 4.68. The molecule has 0 heterocycles. The molecule has 0 radical (unpaired) electrons. The zero-order valence-electron chi connectivity index (χ0n) is 13.2. The third-order valence-corrected chi connectivity index (χ3v) is 5.49. The second kappa shape index (κ2) is 6.31. The van der Waals surface area contributed by atoms with Crippen LogP contribution in [0.3, 0.4) is 0 Å². The van der Waals surface area contributed by atoms with E-state index in [0.717, 1.165) is 5.56 Å². The minimum absolute atomic E-state index is 0.00606. The third kappa shape index (κ3) is 2.49. The lowest BCUT2D eigenvalue weighted by Gasteiger charge is -2.37. The first-order valence-electron chi connectivity index (χ1n) is 7.32. The Morgan fingerprint density at radius 1 is 1.36 bits per heavy atom. The molecule has 0 amide bonds. The molecule has 0 spiro atoms. The van der Waals surface area contributed by atoms with Crippen LogP contribution < -0.4 is 0 Å². The molecule has 0 aromatic heterocycles. The fourth-order valence-corrected chi connectivity index (χ4v) is 3.88. The largest absolute Gasteiger partial charge is 0.376 e. The smallest absolute Gasteiger partial charge is 0.174 e. The average Bonchev–Trinajstić information content (AvgIpc) is 2.70. The Morgan fingerprint density at radius 2 is 2.00 bits per heavy atom. The van der Waals surface area contributed by atoms with E-state index in [9.17, 15) is 9.59 Å². The van der Waals surface area contributed by atoms with Crippen molar-refractivity contribution in [3.8, 4) is 0 Å². The molecule has 1 aliphatic rings. The highest BCUT2D eigenvalue weighted by Crippen LogP contribution is 2.56. The van der Waals surface area contributed by atoms with Crippen LogP contribution in [0.5, 0.6) is 0 Å². The minimum Gasteiger partial charge on any atom is -0.376 e. The highest BCUT2D eigenvalue weighted by atomic mass is 35.5. The van der Waals surface area contributed by atoms with Gasteiger partial charge in [0.25, 0.3) is 0 Å². The summed E-state index contributed by atoms with van der Waals surface area (Å²) in [5, 5.41) is 0.631. The predicted molar refractivity (Wildman–Crippen MR) is 87.7 cm³/mol. The van der Waals surface area contributed by atoms with Crippen molar-refractivity contribution < 1.29 is 14.3 Å². The summed E-state index contributed by atoms with van der Waals surface area (Å²) in [5.74, 6) is -0.00703. The Morgan fingerprint density at radius 3 is 2.50 bits per heavy atom. The van der Waals surface area contributed by atoms with Crippen LogP contribution in [-0.2, 0) is 9.53 Å². The number of carbonyl (C=O) groups excluding carboxylic acids is 2. The van der Waals surface area contributed by atoms with Gasteiger partial charge in [-0.05, 0) is 30.9 Å². The van der Waals surface area contributed by atoms with E-state index in [1.165, 1.54) is 6.92 Å². The predicted octanol–water partition coefficient (Wildman–Crippen LogP) is 4.89. The summed E-state index contributed by atoms with van der Waals surface area (Å²) < 4.78 is 5.68. The number of ether oxygens (including phenoxy) is 1. The zero-order chi connectivity index (χ0) is 16.7. The van der Waals surface area contributed by atoms with Gasteiger partial charge in [0.2, 0.25) is 0 Å². The summed E-state index contributed by atoms with van der Waals surface area (Å²) in [6, 6.07) is 3.48. The first kappa shape index (κ1) is 17.5. The Balaban J connectivity index is 2.63. The van der Waals surface area contributed by atoms with Crippen molar-refractivity contribution in [3.63, 3.8) is 0 Å². The summed E-state index contributed by atoms with van der Waals surface area (Å²) in [4.78, 5) is 24.6. The summed E-state index contributed by atoms with van der Waals surface area (Å²) >= 11 is 12.3. The van der Waals surface area contributed by atoms with Crippen molar-refractivity contribution in [2.75, 3.05) is 7.11 Å². The number of methoxy groups -OCH3 is 1. The van der Waals surface area contributed by atoms with Gasteiger partial charge in [0.05, 0.1) is 21.6 Å². The molecule has 22 heavy (non-hydrogen) atoms. The molecule has 0 bridgehead atoms. The average molecular weight is 343 g/mol. The van der Waals surface area contributed by atoms with Gasteiger partial charge in [-0.3, -0.25) is 4.79 Å². The van der Waals surface area contributed by atoms with Gasteiger partial charge in [-0.25, -0.2) is 0 Å². The second-order valence-electron chi connectivity index (χ2n) is 6.17. The summed E-state index contributed by atoms with van der Waals surface area (Å²) in [7, 11) is 1.58. The number of ketones is 2. The lowest BCUT2D eigenvalue weighted by molar-refractivity contribution is -0.118. The van der Waals surface area contributed by atoms with Crippen LogP contribution in [0.25, 0.3) is 0 Å². The quantitative estimate of drug-likeness (QED) is 0.765. The van der Waals surface area contributed by atoms with Crippen molar-refractivity contribution in [2.45, 2.75) is 39.7 Å². The Bertz CT molecular complexity index is 625. The van der Waals surface area contributed by atoms with Crippen LogP contribution in [-0.4, -0.2) is 18.7 Å². The first-order valence-corrected chi connectivity index (χ1v) is 8.07. The normalized spacial score (nSPS) is 24.0. The number of carbonyl (C=O) groups is 2. The molecule has 0 saturated carbocycles. The van der Waals surface area contributed by atoms with Crippen molar-refractivity contribution >= 4 is 34.8 Å². The van der Waals surface area contributed by atoms with Gasteiger partial charge in [0, 0.05) is 19.1 Å². The fraction of sp³-hybridized carbons (Fsp3) is 0.529. The van der Waals surface area contributed by atoms with Crippen molar-refractivity contribution in [3.05, 3.63) is 33.3 Å². The number of benzene rings is 1. The molecular formula is C17H20Cl2O3. The van der Waals surface area contributed by atoms with E-state index in [1.54, 1.807) is 19.2 Å². The van der Waals surface area contributed by atoms with E-state index < -0.39 is 11.5 Å². The van der Waals surface area contributed by atoms with Gasteiger partial charge in [0.15, 0.2) is 5.78 Å². The Labute approximate surface area is 140 Å². The molecule has 3 nitrogen and oxygen atoms in total.